The van der Waals surface area contributed by atoms with Gasteiger partial charge in [0.05, 0.1) is 17.3 Å². The number of carbonyl (C=O) groups excluding carboxylic acids is 1. The van der Waals surface area contributed by atoms with Crippen molar-refractivity contribution in [3.8, 4) is 6.07 Å². The van der Waals surface area contributed by atoms with Gasteiger partial charge in [-0.1, -0.05) is 24.3 Å². The zero-order valence-corrected chi connectivity index (χ0v) is 15.3. The summed E-state index contributed by atoms with van der Waals surface area (Å²) in [6.45, 7) is 7.49. The lowest BCUT2D eigenvalue weighted by Gasteiger charge is -2.38. The summed E-state index contributed by atoms with van der Waals surface area (Å²) in [6.07, 6.45) is 0. The van der Waals surface area contributed by atoms with Gasteiger partial charge in [-0.2, -0.15) is 5.26 Å². The molecule has 1 N–H and O–H groups in total. The first-order valence-corrected chi connectivity index (χ1v) is 8.94. The predicted octanol–water partition coefficient (Wildman–Crippen LogP) is 3.02. The second-order valence-electron chi connectivity index (χ2n) is 6.68. The average Bonchev–Trinajstić information content (AvgIpc) is 2.68. The Morgan fingerprint density at radius 1 is 1.12 bits per heavy atom. The van der Waals surface area contributed by atoms with E-state index in [0.29, 0.717) is 11.3 Å². The van der Waals surface area contributed by atoms with Gasteiger partial charge in [0.15, 0.2) is 0 Å². The molecule has 0 saturated carbocycles. The molecule has 3 rings (SSSR count). The van der Waals surface area contributed by atoms with Crippen molar-refractivity contribution >= 4 is 17.3 Å². The minimum Gasteiger partial charge on any atom is -0.369 e. The van der Waals surface area contributed by atoms with E-state index in [2.05, 4.69) is 52.4 Å². The molecular formula is C21H24N4O. The minimum absolute atomic E-state index is 0.0725. The SMILES string of the molecule is Cc1cccc(N2CCN(C(C)C(=O)Nc3ccccc3C#N)CC2)c1. The number of amides is 1. The van der Waals surface area contributed by atoms with Gasteiger partial charge < -0.3 is 10.2 Å². The highest BCUT2D eigenvalue weighted by Crippen LogP contribution is 2.19. The van der Waals surface area contributed by atoms with Gasteiger partial charge in [0.1, 0.15) is 6.07 Å². The standard InChI is InChI=1S/C21H24N4O/c1-16-6-5-8-19(14-16)25-12-10-24(11-13-25)17(2)21(26)23-20-9-4-3-7-18(20)15-22/h3-9,14,17H,10-13H2,1-2H3,(H,23,26). The van der Waals surface area contributed by atoms with Crippen molar-refractivity contribution in [2.24, 2.45) is 0 Å². The highest BCUT2D eigenvalue weighted by Gasteiger charge is 2.26. The molecule has 1 heterocycles. The molecule has 1 unspecified atom stereocenters. The van der Waals surface area contributed by atoms with E-state index >= 15 is 0 Å². The number of rotatable bonds is 4. The maximum Gasteiger partial charge on any atom is 0.241 e. The van der Waals surface area contributed by atoms with Crippen LogP contribution >= 0.6 is 0 Å². The van der Waals surface area contributed by atoms with Crippen LogP contribution in [-0.4, -0.2) is 43.0 Å². The number of benzene rings is 2. The Labute approximate surface area is 154 Å². The summed E-state index contributed by atoms with van der Waals surface area (Å²) in [5, 5.41) is 12.1. The van der Waals surface area contributed by atoms with Crippen LogP contribution in [0.15, 0.2) is 48.5 Å². The lowest BCUT2D eigenvalue weighted by molar-refractivity contribution is -0.120. The van der Waals surface area contributed by atoms with E-state index in [1.165, 1.54) is 11.3 Å². The largest absolute Gasteiger partial charge is 0.369 e. The van der Waals surface area contributed by atoms with E-state index in [9.17, 15) is 4.79 Å². The Kier molecular flexibility index (Phi) is 5.55. The summed E-state index contributed by atoms with van der Waals surface area (Å²) in [6, 6.07) is 17.5. The first-order valence-electron chi connectivity index (χ1n) is 8.94. The monoisotopic (exact) mass is 348 g/mol. The summed E-state index contributed by atoms with van der Waals surface area (Å²) in [5.41, 5.74) is 3.56. The van der Waals surface area contributed by atoms with E-state index in [1.807, 2.05) is 13.0 Å². The molecule has 0 aromatic heterocycles. The van der Waals surface area contributed by atoms with Gasteiger partial charge in [-0.05, 0) is 43.7 Å². The topological polar surface area (TPSA) is 59.4 Å². The molecule has 0 spiro atoms. The van der Waals surface area contributed by atoms with Gasteiger partial charge in [0.25, 0.3) is 0 Å². The Hall–Kier alpha value is -2.84. The minimum atomic E-state index is -0.235. The fraction of sp³-hybridized carbons (Fsp3) is 0.333. The summed E-state index contributed by atoms with van der Waals surface area (Å²) in [4.78, 5) is 17.2. The van der Waals surface area contributed by atoms with Crippen LogP contribution in [0.1, 0.15) is 18.1 Å². The Balaban J connectivity index is 1.58. The van der Waals surface area contributed by atoms with Crippen LogP contribution in [0, 0.1) is 18.3 Å². The van der Waals surface area contributed by atoms with E-state index in [-0.39, 0.29) is 11.9 Å². The first-order chi connectivity index (χ1) is 12.6. The number of nitrogens with one attached hydrogen (secondary N) is 1. The van der Waals surface area contributed by atoms with Crippen LogP contribution in [-0.2, 0) is 4.79 Å². The highest BCUT2D eigenvalue weighted by atomic mass is 16.2. The van der Waals surface area contributed by atoms with E-state index in [1.54, 1.807) is 18.2 Å². The molecule has 134 valence electrons. The number of anilines is 2. The van der Waals surface area contributed by atoms with Gasteiger partial charge in [-0.15, -0.1) is 0 Å². The molecule has 1 amide bonds. The van der Waals surface area contributed by atoms with Gasteiger partial charge in [-0.3, -0.25) is 9.69 Å². The quantitative estimate of drug-likeness (QED) is 0.923. The van der Waals surface area contributed by atoms with E-state index < -0.39 is 0 Å². The highest BCUT2D eigenvalue weighted by molar-refractivity contribution is 5.95. The Morgan fingerprint density at radius 3 is 2.54 bits per heavy atom. The number of carbonyl (C=O) groups is 1. The Bertz CT molecular complexity index is 819. The number of hydrogen-bond acceptors (Lipinski definition) is 4. The van der Waals surface area contributed by atoms with Crippen LogP contribution < -0.4 is 10.2 Å². The fourth-order valence-corrected chi connectivity index (χ4v) is 3.28. The second kappa shape index (κ2) is 8.03. The number of hydrogen-bond donors (Lipinski definition) is 1. The molecule has 0 bridgehead atoms. The third-order valence-electron chi connectivity index (χ3n) is 4.91. The molecule has 1 aliphatic heterocycles. The third-order valence-corrected chi connectivity index (χ3v) is 4.91. The lowest BCUT2D eigenvalue weighted by Crippen LogP contribution is -2.52. The maximum absolute atomic E-state index is 12.6. The molecule has 0 radical (unpaired) electrons. The molecule has 1 atom stereocenters. The molecular weight excluding hydrogens is 324 g/mol. The van der Waals surface area contributed by atoms with Crippen LogP contribution in [0.3, 0.4) is 0 Å². The molecule has 1 aliphatic rings. The normalized spacial score (nSPS) is 16.0. The predicted molar refractivity (Wildman–Crippen MR) is 104 cm³/mol. The van der Waals surface area contributed by atoms with Gasteiger partial charge in [-0.25, -0.2) is 0 Å². The van der Waals surface area contributed by atoms with Gasteiger partial charge in [0, 0.05) is 31.9 Å². The number of para-hydroxylation sites is 1. The van der Waals surface area contributed by atoms with Crippen molar-refractivity contribution < 1.29 is 4.79 Å². The van der Waals surface area contributed by atoms with E-state index in [0.717, 1.165) is 26.2 Å². The zero-order valence-electron chi connectivity index (χ0n) is 15.3. The molecule has 26 heavy (non-hydrogen) atoms. The number of nitrogens with zero attached hydrogens (tertiary/aromatic N) is 3. The Morgan fingerprint density at radius 2 is 1.85 bits per heavy atom. The van der Waals surface area contributed by atoms with Crippen molar-refractivity contribution in [3.05, 3.63) is 59.7 Å². The molecule has 5 nitrogen and oxygen atoms in total. The van der Waals surface area contributed by atoms with Crippen LogP contribution in [0.4, 0.5) is 11.4 Å². The fourth-order valence-electron chi connectivity index (χ4n) is 3.28. The van der Waals surface area contributed by atoms with Crippen molar-refractivity contribution in [2.75, 3.05) is 36.4 Å². The van der Waals surface area contributed by atoms with Crippen LogP contribution in [0.2, 0.25) is 0 Å². The summed E-state index contributed by atoms with van der Waals surface area (Å²) in [7, 11) is 0. The molecule has 0 aliphatic carbocycles. The van der Waals surface area contributed by atoms with Gasteiger partial charge in [0.2, 0.25) is 5.91 Å². The lowest BCUT2D eigenvalue weighted by atomic mass is 10.1. The van der Waals surface area contributed by atoms with Crippen LogP contribution in [0.5, 0.6) is 0 Å². The summed E-state index contributed by atoms with van der Waals surface area (Å²) >= 11 is 0. The smallest absolute Gasteiger partial charge is 0.241 e. The number of piperazine rings is 1. The first kappa shape index (κ1) is 18.0. The molecule has 5 heteroatoms. The zero-order chi connectivity index (χ0) is 18.5. The van der Waals surface area contributed by atoms with Crippen molar-refractivity contribution in [2.45, 2.75) is 19.9 Å². The third kappa shape index (κ3) is 4.04. The van der Waals surface area contributed by atoms with Crippen molar-refractivity contribution in [3.63, 3.8) is 0 Å². The number of nitriles is 1. The summed E-state index contributed by atoms with van der Waals surface area (Å²) < 4.78 is 0. The molecule has 2 aromatic carbocycles. The summed E-state index contributed by atoms with van der Waals surface area (Å²) in [5.74, 6) is -0.0725. The molecule has 1 fully saturated rings. The average molecular weight is 348 g/mol. The molecule has 1 saturated heterocycles. The van der Waals surface area contributed by atoms with Gasteiger partial charge >= 0.3 is 0 Å². The van der Waals surface area contributed by atoms with Crippen molar-refractivity contribution in [1.29, 1.82) is 5.26 Å². The van der Waals surface area contributed by atoms with Crippen LogP contribution in [0.25, 0.3) is 0 Å². The second-order valence-corrected chi connectivity index (χ2v) is 6.68. The maximum atomic E-state index is 12.6. The van der Waals surface area contributed by atoms with E-state index in [4.69, 9.17) is 5.26 Å². The van der Waals surface area contributed by atoms with Crippen molar-refractivity contribution in [1.82, 2.24) is 4.90 Å². The molecule has 2 aromatic rings. The number of aryl methyl sites for hydroxylation is 1.